The van der Waals surface area contributed by atoms with Crippen LogP contribution >= 0.6 is 0 Å². The average Bonchev–Trinajstić information content (AvgIpc) is 2.64. The molecule has 0 aliphatic heterocycles. The van der Waals surface area contributed by atoms with E-state index >= 15 is 0 Å². The van der Waals surface area contributed by atoms with Crippen LogP contribution in [0.3, 0.4) is 0 Å². The third-order valence-corrected chi connectivity index (χ3v) is 2.03. The Morgan fingerprint density at radius 3 is 2.04 bits per heavy atom. The lowest BCUT2D eigenvalue weighted by Gasteiger charge is -1.98. The second kappa shape index (κ2) is 23.6. The normalized spacial score (nSPS) is 8.72. The molecular formula is C20H33N3O2. The zero-order chi connectivity index (χ0) is 19.9. The van der Waals surface area contributed by atoms with E-state index in [0.29, 0.717) is 5.75 Å². The lowest BCUT2D eigenvalue weighted by molar-refractivity contribution is -0.129. The van der Waals surface area contributed by atoms with E-state index in [9.17, 15) is 4.79 Å². The monoisotopic (exact) mass is 347 g/mol. The Kier molecular flexibility index (Phi) is 25.6. The van der Waals surface area contributed by atoms with Crippen molar-refractivity contribution >= 4 is 19.4 Å². The molecule has 0 N–H and O–H groups in total. The molecule has 25 heavy (non-hydrogen) atoms. The highest BCUT2D eigenvalue weighted by Gasteiger charge is 1.97. The van der Waals surface area contributed by atoms with Crippen molar-refractivity contribution in [2.75, 3.05) is 14.1 Å². The second-order valence-corrected chi connectivity index (χ2v) is 4.20. The van der Waals surface area contributed by atoms with Crippen LogP contribution in [0.15, 0.2) is 64.9 Å². The predicted molar refractivity (Wildman–Crippen MR) is 110 cm³/mol. The fourth-order valence-electron chi connectivity index (χ4n) is 0.988. The third-order valence-electron chi connectivity index (χ3n) is 2.03. The molecule has 0 atom stereocenters. The molecule has 0 saturated carbocycles. The van der Waals surface area contributed by atoms with Gasteiger partial charge in [-0.25, -0.2) is 4.79 Å². The molecule has 5 nitrogen and oxygen atoms in total. The van der Waals surface area contributed by atoms with E-state index in [0.717, 1.165) is 6.42 Å². The fourth-order valence-corrected chi connectivity index (χ4v) is 0.988. The Labute approximate surface area is 153 Å². The van der Waals surface area contributed by atoms with E-state index < -0.39 is 5.97 Å². The van der Waals surface area contributed by atoms with E-state index in [2.05, 4.69) is 42.6 Å². The molecule has 0 aliphatic rings. The summed E-state index contributed by atoms with van der Waals surface area (Å²) in [7, 11) is 3.65. The van der Waals surface area contributed by atoms with E-state index in [1.807, 2.05) is 40.9 Å². The number of hydrogen-bond donors (Lipinski definition) is 0. The molecule has 0 fully saturated rings. The smallest absolute Gasteiger partial charge is 0.337 e. The number of aliphatic imine (C=N–C) groups is 1. The third kappa shape index (κ3) is 26.5. The number of carbonyl (C=O) groups excluding carboxylic acids is 1. The summed E-state index contributed by atoms with van der Waals surface area (Å²) in [5, 5.41) is 5.11. The number of benzene rings is 1. The number of ether oxygens (including phenoxy) is 1. The molecule has 0 amide bonds. The number of para-hydroxylation sites is 1. The summed E-state index contributed by atoms with van der Waals surface area (Å²) in [5.41, 5.74) is 0. The first-order valence-electron chi connectivity index (χ1n) is 8.16. The maximum Gasteiger partial charge on any atom is 0.337 e. The highest BCUT2D eigenvalue weighted by Crippen LogP contribution is 2.08. The van der Waals surface area contributed by atoms with Gasteiger partial charge < -0.3 is 9.75 Å². The zero-order valence-electron chi connectivity index (χ0n) is 16.5. The van der Waals surface area contributed by atoms with Gasteiger partial charge in [-0.15, -0.1) is 0 Å². The molecule has 1 aromatic carbocycles. The molecule has 5 heteroatoms. The molecule has 1 rings (SSSR count). The Hall–Kier alpha value is -2.69. The van der Waals surface area contributed by atoms with E-state index in [-0.39, 0.29) is 0 Å². The minimum Gasteiger partial charge on any atom is -0.423 e. The number of esters is 1. The van der Waals surface area contributed by atoms with Gasteiger partial charge in [-0.05, 0) is 32.2 Å². The van der Waals surface area contributed by atoms with Crippen LogP contribution in [-0.2, 0) is 4.79 Å². The molecule has 1 aromatic rings. The lowest BCUT2D eigenvalue weighted by Crippen LogP contribution is -2.02. The van der Waals surface area contributed by atoms with E-state index in [1.165, 1.54) is 12.3 Å². The fraction of sp³-hybridized carbons (Fsp3) is 0.350. The molecular weight excluding hydrogens is 314 g/mol. The second-order valence-electron chi connectivity index (χ2n) is 4.20. The van der Waals surface area contributed by atoms with Gasteiger partial charge in [0, 0.05) is 33.1 Å². The van der Waals surface area contributed by atoms with Gasteiger partial charge in [-0.2, -0.15) is 5.10 Å². The molecule has 0 spiro atoms. The standard InChI is InChI=1S/C10H9NO2.C5H10.C3H8N2.C2H6/c1-11-8-7-10(12)13-9-5-3-2-4-6-9;1-3-5-4-2;1-4-5(2)3;1-2/h2-8H,1H2;3,5H,4H2,1-2H3;1H2,2-3H3;1-2H3/b8-7+;5-3-;;. The van der Waals surface area contributed by atoms with Gasteiger partial charge in [0.15, 0.2) is 0 Å². The van der Waals surface area contributed by atoms with E-state index in [4.69, 9.17) is 4.74 Å². The van der Waals surface area contributed by atoms with Crippen LogP contribution in [-0.4, -0.2) is 38.5 Å². The van der Waals surface area contributed by atoms with Crippen LogP contribution in [0.1, 0.15) is 34.1 Å². The van der Waals surface area contributed by atoms with Crippen molar-refractivity contribution in [3.63, 3.8) is 0 Å². The maximum absolute atomic E-state index is 11.0. The van der Waals surface area contributed by atoms with Crippen LogP contribution in [0.4, 0.5) is 0 Å². The molecule has 0 radical (unpaired) electrons. The number of carbonyl (C=O) groups is 1. The number of hydrazone groups is 1. The summed E-state index contributed by atoms with van der Waals surface area (Å²) in [5.74, 6) is 0.0554. The van der Waals surface area contributed by atoms with Crippen molar-refractivity contribution in [2.24, 2.45) is 10.1 Å². The number of rotatable bonds is 5. The van der Waals surface area contributed by atoms with Crippen LogP contribution in [0.25, 0.3) is 0 Å². The van der Waals surface area contributed by atoms with Crippen molar-refractivity contribution in [3.8, 4) is 5.75 Å². The Morgan fingerprint density at radius 2 is 1.72 bits per heavy atom. The van der Waals surface area contributed by atoms with Crippen molar-refractivity contribution in [1.82, 2.24) is 5.01 Å². The summed E-state index contributed by atoms with van der Waals surface area (Å²) in [6.45, 7) is 14.6. The van der Waals surface area contributed by atoms with Crippen molar-refractivity contribution in [2.45, 2.75) is 34.1 Å². The van der Waals surface area contributed by atoms with Gasteiger partial charge in [-0.3, -0.25) is 4.99 Å². The van der Waals surface area contributed by atoms with Gasteiger partial charge in [0.05, 0.1) is 0 Å². The van der Waals surface area contributed by atoms with Gasteiger partial charge in [0.1, 0.15) is 5.75 Å². The number of nitrogens with zero attached hydrogens (tertiary/aromatic N) is 3. The minimum atomic E-state index is -0.460. The summed E-state index contributed by atoms with van der Waals surface area (Å²) in [6.07, 6.45) is 7.84. The highest BCUT2D eigenvalue weighted by molar-refractivity contribution is 5.83. The summed E-state index contributed by atoms with van der Waals surface area (Å²) in [6, 6.07) is 8.83. The largest absolute Gasteiger partial charge is 0.423 e. The molecule has 0 saturated heterocycles. The minimum absolute atomic E-state index is 0.460. The first-order valence-corrected chi connectivity index (χ1v) is 8.16. The number of allylic oxidation sites excluding steroid dienone is 2. The molecule has 0 unspecified atom stereocenters. The predicted octanol–water partition coefficient (Wildman–Crippen LogP) is 4.97. The van der Waals surface area contributed by atoms with E-state index in [1.54, 1.807) is 29.3 Å². The average molecular weight is 348 g/mol. The summed E-state index contributed by atoms with van der Waals surface area (Å²) < 4.78 is 4.90. The Balaban J connectivity index is -0.000000336. The van der Waals surface area contributed by atoms with Gasteiger partial charge >= 0.3 is 5.97 Å². The first-order chi connectivity index (χ1) is 12.0. The molecule has 0 heterocycles. The van der Waals surface area contributed by atoms with Gasteiger partial charge in [0.2, 0.25) is 0 Å². The lowest BCUT2D eigenvalue weighted by atomic mass is 10.3. The van der Waals surface area contributed by atoms with Crippen LogP contribution in [0.2, 0.25) is 0 Å². The molecule has 0 aliphatic carbocycles. The summed E-state index contributed by atoms with van der Waals surface area (Å²) in [4.78, 5) is 14.4. The topological polar surface area (TPSA) is 54.3 Å². The van der Waals surface area contributed by atoms with Gasteiger partial charge in [-0.1, -0.05) is 51.1 Å². The van der Waals surface area contributed by atoms with Crippen LogP contribution < -0.4 is 4.74 Å². The Morgan fingerprint density at radius 1 is 1.20 bits per heavy atom. The summed E-state index contributed by atoms with van der Waals surface area (Å²) >= 11 is 0. The molecule has 0 aromatic heterocycles. The quantitative estimate of drug-likeness (QED) is 0.189. The first kappa shape index (κ1) is 27.2. The van der Waals surface area contributed by atoms with Crippen molar-refractivity contribution < 1.29 is 9.53 Å². The maximum atomic E-state index is 11.0. The highest BCUT2D eigenvalue weighted by atomic mass is 16.5. The Bertz CT molecular complexity index is 481. The van der Waals surface area contributed by atoms with Crippen molar-refractivity contribution in [3.05, 3.63) is 54.8 Å². The molecule has 0 bridgehead atoms. The van der Waals surface area contributed by atoms with Gasteiger partial charge in [0.25, 0.3) is 0 Å². The van der Waals surface area contributed by atoms with Crippen LogP contribution in [0, 0.1) is 0 Å². The zero-order valence-corrected chi connectivity index (χ0v) is 16.5. The molecule has 140 valence electrons. The van der Waals surface area contributed by atoms with Crippen LogP contribution in [0.5, 0.6) is 5.75 Å². The van der Waals surface area contributed by atoms with Crippen molar-refractivity contribution in [1.29, 1.82) is 0 Å². The SMILES string of the molecule is C/C=C\CC.C=N/C=C/C(=O)Oc1ccccc1.C=NN(C)C.CC. The number of hydrogen-bond acceptors (Lipinski definition) is 5.